The third kappa shape index (κ3) is 4.80. The molecule has 7 nitrogen and oxygen atoms in total. The van der Waals surface area contributed by atoms with Crippen LogP contribution >= 0.6 is 0 Å². The highest BCUT2D eigenvalue weighted by Gasteiger charge is 2.14. The molecule has 1 atom stereocenters. The molecule has 1 aliphatic heterocycles. The van der Waals surface area contributed by atoms with Crippen molar-refractivity contribution in [1.29, 1.82) is 0 Å². The van der Waals surface area contributed by atoms with Gasteiger partial charge < -0.3 is 20.0 Å². The lowest BCUT2D eigenvalue weighted by Crippen LogP contribution is -2.27. The summed E-state index contributed by atoms with van der Waals surface area (Å²) in [5.41, 5.74) is 10.1. The SMILES string of the molecule is Cc1cc(C)n(Cc2cccc(C(N)=NOCC3CCOCO3)c2)n1. The van der Waals surface area contributed by atoms with Crippen LogP contribution in [0.2, 0.25) is 0 Å². The molecule has 0 amide bonds. The van der Waals surface area contributed by atoms with Crippen molar-refractivity contribution < 1.29 is 14.3 Å². The van der Waals surface area contributed by atoms with Crippen LogP contribution in [-0.2, 0) is 20.9 Å². The lowest BCUT2D eigenvalue weighted by molar-refractivity contribution is -0.156. The molecular formula is C18H24N4O3. The summed E-state index contributed by atoms with van der Waals surface area (Å²) in [5.74, 6) is 0.349. The monoisotopic (exact) mass is 344 g/mol. The van der Waals surface area contributed by atoms with Crippen molar-refractivity contribution in [2.75, 3.05) is 20.0 Å². The van der Waals surface area contributed by atoms with Gasteiger partial charge in [0, 0.05) is 17.7 Å². The predicted octanol–water partition coefficient (Wildman–Crippen LogP) is 1.95. The van der Waals surface area contributed by atoms with E-state index in [1.807, 2.05) is 42.8 Å². The molecule has 0 radical (unpaired) electrons. The van der Waals surface area contributed by atoms with Gasteiger partial charge >= 0.3 is 0 Å². The van der Waals surface area contributed by atoms with Gasteiger partial charge in [-0.3, -0.25) is 4.68 Å². The minimum absolute atomic E-state index is 0.00247. The van der Waals surface area contributed by atoms with Gasteiger partial charge in [0.25, 0.3) is 0 Å². The van der Waals surface area contributed by atoms with E-state index in [4.69, 9.17) is 20.0 Å². The first-order chi connectivity index (χ1) is 12.1. The topological polar surface area (TPSA) is 83.9 Å². The molecule has 25 heavy (non-hydrogen) atoms. The number of nitrogens with two attached hydrogens (primary N) is 1. The third-order valence-corrected chi connectivity index (χ3v) is 4.05. The van der Waals surface area contributed by atoms with Crippen LogP contribution in [0, 0.1) is 13.8 Å². The van der Waals surface area contributed by atoms with Gasteiger partial charge in [-0.05, 0) is 31.5 Å². The van der Waals surface area contributed by atoms with Crippen LogP contribution < -0.4 is 5.73 Å². The maximum absolute atomic E-state index is 6.04. The molecule has 0 aliphatic carbocycles. The summed E-state index contributed by atoms with van der Waals surface area (Å²) in [6.07, 6.45) is 0.802. The Labute approximate surface area is 147 Å². The highest BCUT2D eigenvalue weighted by molar-refractivity contribution is 5.97. The number of hydrogen-bond acceptors (Lipinski definition) is 5. The number of amidine groups is 1. The molecule has 134 valence electrons. The number of hydrogen-bond donors (Lipinski definition) is 1. The molecule has 7 heteroatoms. The number of benzene rings is 1. The van der Waals surface area contributed by atoms with Crippen molar-refractivity contribution >= 4 is 5.84 Å². The number of nitrogens with zero attached hydrogens (tertiary/aromatic N) is 3. The Bertz CT molecular complexity index is 736. The van der Waals surface area contributed by atoms with Gasteiger partial charge in [-0.15, -0.1) is 0 Å². The van der Waals surface area contributed by atoms with Crippen LogP contribution in [-0.4, -0.2) is 41.7 Å². The van der Waals surface area contributed by atoms with Crippen molar-refractivity contribution in [3.63, 3.8) is 0 Å². The zero-order valence-corrected chi connectivity index (χ0v) is 14.6. The van der Waals surface area contributed by atoms with E-state index in [0.29, 0.717) is 32.4 Å². The van der Waals surface area contributed by atoms with Gasteiger partial charge in [0.1, 0.15) is 13.4 Å². The van der Waals surface area contributed by atoms with Gasteiger partial charge in [0.05, 0.1) is 24.9 Å². The minimum Gasteiger partial charge on any atom is -0.391 e. The summed E-state index contributed by atoms with van der Waals surface area (Å²) in [6.45, 7) is 6.09. The summed E-state index contributed by atoms with van der Waals surface area (Å²) in [5, 5.41) is 8.50. The molecule has 0 spiro atoms. The van der Waals surface area contributed by atoms with E-state index in [-0.39, 0.29) is 6.10 Å². The van der Waals surface area contributed by atoms with Crippen LogP contribution in [0.25, 0.3) is 0 Å². The van der Waals surface area contributed by atoms with Crippen LogP contribution in [0.15, 0.2) is 35.5 Å². The van der Waals surface area contributed by atoms with Crippen molar-refractivity contribution in [3.8, 4) is 0 Å². The van der Waals surface area contributed by atoms with E-state index in [2.05, 4.69) is 16.3 Å². The van der Waals surface area contributed by atoms with Gasteiger partial charge in [0.15, 0.2) is 5.84 Å². The average molecular weight is 344 g/mol. The lowest BCUT2D eigenvalue weighted by Gasteiger charge is -2.21. The zero-order chi connectivity index (χ0) is 17.6. The van der Waals surface area contributed by atoms with Crippen LogP contribution in [0.5, 0.6) is 0 Å². The van der Waals surface area contributed by atoms with E-state index in [1.165, 1.54) is 0 Å². The Balaban J connectivity index is 1.61. The first-order valence-corrected chi connectivity index (χ1v) is 8.37. The molecule has 2 aromatic rings. The Morgan fingerprint density at radius 3 is 3.00 bits per heavy atom. The van der Waals surface area contributed by atoms with Crippen LogP contribution in [0.3, 0.4) is 0 Å². The van der Waals surface area contributed by atoms with Crippen LogP contribution in [0.1, 0.15) is 28.9 Å². The second kappa shape index (κ2) is 8.13. The normalized spacial score (nSPS) is 18.3. The second-order valence-electron chi connectivity index (χ2n) is 6.16. The lowest BCUT2D eigenvalue weighted by atomic mass is 10.1. The largest absolute Gasteiger partial charge is 0.391 e. The van der Waals surface area contributed by atoms with Gasteiger partial charge in [-0.1, -0.05) is 23.4 Å². The highest BCUT2D eigenvalue weighted by Crippen LogP contribution is 2.11. The molecule has 1 fully saturated rings. The number of aromatic nitrogens is 2. The Kier molecular flexibility index (Phi) is 5.67. The molecule has 1 aromatic carbocycles. The number of aryl methyl sites for hydroxylation is 2. The molecule has 2 N–H and O–H groups in total. The molecule has 3 rings (SSSR count). The van der Waals surface area contributed by atoms with Crippen molar-refractivity contribution in [2.45, 2.75) is 32.9 Å². The van der Waals surface area contributed by atoms with E-state index < -0.39 is 0 Å². The maximum atomic E-state index is 6.04. The van der Waals surface area contributed by atoms with E-state index in [9.17, 15) is 0 Å². The van der Waals surface area contributed by atoms with E-state index >= 15 is 0 Å². The fourth-order valence-corrected chi connectivity index (χ4v) is 2.71. The van der Waals surface area contributed by atoms with Crippen LogP contribution in [0.4, 0.5) is 0 Å². The molecule has 0 bridgehead atoms. The summed E-state index contributed by atoms with van der Waals surface area (Å²) in [6, 6.07) is 9.98. The molecule has 1 saturated heterocycles. The van der Waals surface area contributed by atoms with E-state index in [0.717, 1.165) is 28.9 Å². The number of ether oxygens (including phenoxy) is 2. The van der Waals surface area contributed by atoms with Gasteiger partial charge in [-0.2, -0.15) is 5.10 Å². The summed E-state index contributed by atoms with van der Waals surface area (Å²) in [4.78, 5) is 5.33. The Hall–Kier alpha value is -2.38. The molecule has 0 saturated carbocycles. The van der Waals surface area contributed by atoms with Crippen molar-refractivity contribution in [2.24, 2.45) is 10.9 Å². The molecule has 2 heterocycles. The minimum atomic E-state index is 0.00247. The van der Waals surface area contributed by atoms with E-state index in [1.54, 1.807) is 0 Å². The van der Waals surface area contributed by atoms with Crippen molar-refractivity contribution in [3.05, 3.63) is 52.8 Å². The standard InChI is InChI=1S/C18H24N4O3/c1-13-8-14(2)22(20-13)10-15-4-3-5-16(9-15)18(19)21-25-11-17-6-7-23-12-24-17/h3-5,8-9,17H,6-7,10-12H2,1-2H3,(H2,19,21). The Morgan fingerprint density at radius 2 is 2.28 bits per heavy atom. The molecule has 1 unspecified atom stereocenters. The molecule has 1 aliphatic rings. The summed E-state index contributed by atoms with van der Waals surface area (Å²) >= 11 is 0. The smallest absolute Gasteiger partial charge is 0.170 e. The third-order valence-electron chi connectivity index (χ3n) is 4.05. The fraction of sp³-hybridized carbons (Fsp3) is 0.444. The predicted molar refractivity (Wildman–Crippen MR) is 94.2 cm³/mol. The highest BCUT2D eigenvalue weighted by atomic mass is 16.7. The van der Waals surface area contributed by atoms with Gasteiger partial charge in [0.2, 0.25) is 0 Å². The van der Waals surface area contributed by atoms with Crippen molar-refractivity contribution in [1.82, 2.24) is 9.78 Å². The average Bonchev–Trinajstić information content (AvgIpc) is 2.93. The second-order valence-corrected chi connectivity index (χ2v) is 6.16. The molecule has 1 aromatic heterocycles. The maximum Gasteiger partial charge on any atom is 0.170 e. The zero-order valence-electron chi connectivity index (χ0n) is 14.6. The summed E-state index contributed by atoms with van der Waals surface area (Å²) in [7, 11) is 0. The fourth-order valence-electron chi connectivity index (χ4n) is 2.71. The molecular weight excluding hydrogens is 320 g/mol. The first-order valence-electron chi connectivity index (χ1n) is 8.37. The van der Waals surface area contributed by atoms with Gasteiger partial charge in [-0.25, -0.2) is 0 Å². The first kappa shape index (κ1) is 17.4. The Morgan fingerprint density at radius 1 is 1.40 bits per heavy atom. The summed E-state index contributed by atoms with van der Waals surface area (Å²) < 4.78 is 12.5. The number of rotatable bonds is 6. The quantitative estimate of drug-likeness (QED) is 0.492. The number of oxime groups is 1.